The van der Waals surface area contributed by atoms with E-state index in [0.717, 1.165) is 36.9 Å². The summed E-state index contributed by atoms with van der Waals surface area (Å²) in [6, 6.07) is 0. The van der Waals surface area contributed by atoms with Gasteiger partial charge in [-0.2, -0.15) is 0 Å². The number of nitrogens with zero attached hydrogens (tertiary/aromatic N) is 1. The first-order valence-corrected chi connectivity index (χ1v) is 21.1. The van der Waals surface area contributed by atoms with E-state index in [-0.39, 0.29) is 12.4 Å². The first-order chi connectivity index (χ1) is 23.5. The third kappa shape index (κ3) is 29.7. The molecule has 1 aliphatic rings. The van der Waals surface area contributed by atoms with Gasteiger partial charge in [-0.15, -0.1) is 0 Å². The third-order valence-corrected chi connectivity index (χ3v) is 9.83. The Kier molecular flexibility index (Phi) is 30.9. The van der Waals surface area contributed by atoms with E-state index in [0.29, 0.717) is 5.92 Å². The summed E-state index contributed by atoms with van der Waals surface area (Å²) in [5.74, 6) is 0.566. The van der Waals surface area contributed by atoms with Crippen molar-refractivity contribution in [3.05, 3.63) is 48.6 Å². The zero-order chi connectivity index (χ0) is 34.8. The van der Waals surface area contributed by atoms with Crippen molar-refractivity contribution in [1.29, 1.82) is 0 Å². The van der Waals surface area contributed by atoms with Crippen molar-refractivity contribution in [2.75, 3.05) is 34.3 Å². The van der Waals surface area contributed by atoms with Gasteiger partial charge >= 0.3 is 0 Å². The lowest BCUT2D eigenvalue weighted by Gasteiger charge is -2.26. The van der Waals surface area contributed by atoms with Crippen LogP contribution in [-0.4, -0.2) is 51.2 Å². The highest BCUT2D eigenvalue weighted by Gasteiger charge is 2.32. The highest BCUT2D eigenvalue weighted by atomic mass is 16.7. The molecule has 3 heteroatoms. The van der Waals surface area contributed by atoms with Gasteiger partial charge in [-0.25, -0.2) is 0 Å². The minimum atomic E-state index is 0.0263. The Morgan fingerprint density at radius 1 is 0.521 bits per heavy atom. The number of allylic oxidation sites excluding steroid dienone is 8. The number of hydrogen-bond acceptors (Lipinski definition) is 2. The monoisotopic (exact) mass is 671 g/mol. The molecule has 2 unspecified atom stereocenters. The van der Waals surface area contributed by atoms with Gasteiger partial charge in [0.15, 0.2) is 6.29 Å². The molecular formula is C45H84NO2+. The summed E-state index contributed by atoms with van der Waals surface area (Å²) in [5.41, 5.74) is 0. The lowest BCUT2D eigenvalue weighted by atomic mass is 9.93. The molecule has 0 bridgehead atoms. The van der Waals surface area contributed by atoms with Crippen molar-refractivity contribution in [2.45, 2.75) is 200 Å². The van der Waals surface area contributed by atoms with Crippen LogP contribution in [0.5, 0.6) is 0 Å². The molecule has 0 saturated carbocycles. The van der Waals surface area contributed by atoms with Gasteiger partial charge in [-0.05, 0) is 77.0 Å². The van der Waals surface area contributed by atoms with Gasteiger partial charge in [0.25, 0.3) is 0 Å². The summed E-state index contributed by atoms with van der Waals surface area (Å²) in [6.07, 6.45) is 54.3. The fourth-order valence-electron chi connectivity index (χ4n) is 6.61. The molecule has 0 N–H and O–H groups in total. The van der Waals surface area contributed by atoms with Crippen LogP contribution in [0.4, 0.5) is 0 Å². The third-order valence-electron chi connectivity index (χ3n) is 9.83. The van der Waals surface area contributed by atoms with Gasteiger partial charge in [0, 0.05) is 12.3 Å². The van der Waals surface area contributed by atoms with E-state index in [1.807, 2.05) is 0 Å². The van der Waals surface area contributed by atoms with Crippen molar-refractivity contribution >= 4 is 0 Å². The molecule has 1 fully saturated rings. The van der Waals surface area contributed by atoms with Crippen LogP contribution in [-0.2, 0) is 9.47 Å². The lowest BCUT2D eigenvalue weighted by molar-refractivity contribution is -0.870. The molecule has 48 heavy (non-hydrogen) atoms. The zero-order valence-electron chi connectivity index (χ0n) is 33.1. The highest BCUT2D eigenvalue weighted by molar-refractivity contribution is 4.93. The number of ether oxygens (including phenoxy) is 2. The van der Waals surface area contributed by atoms with Crippen molar-refractivity contribution in [3.63, 3.8) is 0 Å². The first-order valence-electron chi connectivity index (χ1n) is 21.1. The molecule has 1 heterocycles. The molecule has 0 aliphatic carbocycles. The fourth-order valence-corrected chi connectivity index (χ4v) is 6.61. The second kappa shape index (κ2) is 33.0. The maximum Gasteiger partial charge on any atom is 0.160 e. The Hall–Kier alpha value is -1.16. The lowest BCUT2D eigenvalue weighted by Crippen LogP contribution is -2.37. The summed E-state index contributed by atoms with van der Waals surface area (Å²) >= 11 is 0. The van der Waals surface area contributed by atoms with E-state index in [9.17, 15) is 0 Å². The maximum absolute atomic E-state index is 6.52. The van der Waals surface area contributed by atoms with Gasteiger partial charge < -0.3 is 14.0 Å². The van der Waals surface area contributed by atoms with Crippen molar-refractivity contribution in [3.8, 4) is 0 Å². The van der Waals surface area contributed by atoms with Crippen LogP contribution in [0.1, 0.15) is 187 Å². The number of unbranched alkanes of at least 4 members (excludes halogenated alkanes) is 18. The molecule has 0 radical (unpaired) electrons. The van der Waals surface area contributed by atoms with Crippen LogP contribution < -0.4 is 0 Å². The zero-order valence-corrected chi connectivity index (χ0v) is 33.1. The van der Waals surface area contributed by atoms with Gasteiger partial charge in [-0.3, -0.25) is 0 Å². The smallest absolute Gasteiger partial charge is 0.160 e. The number of quaternary nitrogens is 1. The van der Waals surface area contributed by atoms with Crippen LogP contribution in [0, 0.1) is 5.92 Å². The Morgan fingerprint density at radius 3 is 1.33 bits per heavy atom. The van der Waals surface area contributed by atoms with E-state index in [1.165, 1.54) is 154 Å². The van der Waals surface area contributed by atoms with E-state index in [2.05, 4.69) is 83.6 Å². The summed E-state index contributed by atoms with van der Waals surface area (Å²) in [5, 5.41) is 0. The fraction of sp³-hybridized carbons (Fsp3) is 0.822. The SMILES string of the molecule is CCCCC/C=C\C/C=C\CCCCCCCCC(CCCCCCCC/C=C\C/C=C\CCCCC)C1OCC(CC[N+](C)(C)C)O1. The summed E-state index contributed by atoms with van der Waals surface area (Å²) in [4.78, 5) is 0. The van der Waals surface area contributed by atoms with Crippen LogP contribution in [0.3, 0.4) is 0 Å². The van der Waals surface area contributed by atoms with E-state index in [1.54, 1.807) is 0 Å². The standard InChI is InChI=1S/C45H84NO2/c1-6-8-10-12-14-16-18-20-22-24-26-28-30-32-34-36-38-43(45-47-42-44(48-45)40-41-46(3,4)5)39-37-35-33-31-29-27-25-23-21-19-17-15-13-11-9-7-2/h14-17,20-23,43-45H,6-13,18-19,24-42H2,1-5H3/q+1/b16-14-,17-15-,22-20-,23-21-. The Bertz CT molecular complexity index is 743. The molecular weight excluding hydrogens is 587 g/mol. The highest BCUT2D eigenvalue weighted by Crippen LogP contribution is 2.30. The topological polar surface area (TPSA) is 18.5 Å². The van der Waals surface area contributed by atoms with Crippen molar-refractivity contribution in [1.82, 2.24) is 0 Å². The van der Waals surface area contributed by atoms with Gasteiger partial charge in [-0.1, -0.05) is 152 Å². The van der Waals surface area contributed by atoms with Gasteiger partial charge in [0.1, 0.15) is 0 Å². The second-order valence-corrected chi connectivity index (χ2v) is 15.8. The van der Waals surface area contributed by atoms with Crippen LogP contribution >= 0.6 is 0 Å². The molecule has 1 aliphatic heterocycles. The first kappa shape index (κ1) is 44.9. The molecule has 0 amide bonds. The predicted octanol–water partition coefficient (Wildman–Crippen LogP) is 13.8. The molecule has 0 aromatic carbocycles. The minimum absolute atomic E-state index is 0.0263. The van der Waals surface area contributed by atoms with Gasteiger partial charge in [0.05, 0.1) is 40.4 Å². The molecule has 280 valence electrons. The van der Waals surface area contributed by atoms with Gasteiger partial charge in [0.2, 0.25) is 0 Å². The maximum atomic E-state index is 6.52. The normalized spacial score (nSPS) is 17.5. The summed E-state index contributed by atoms with van der Waals surface area (Å²) < 4.78 is 13.8. The molecule has 3 nitrogen and oxygen atoms in total. The van der Waals surface area contributed by atoms with E-state index in [4.69, 9.17) is 9.47 Å². The van der Waals surface area contributed by atoms with E-state index >= 15 is 0 Å². The average molecular weight is 671 g/mol. The van der Waals surface area contributed by atoms with E-state index < -0.39 is 0 Å². The Balaban J connectivity index is 2.21. The molecule has 1 saturated heterocycles. The second-order valence-electron chi connectivity index (χ2n) is 15.8. The van der Waals surface area contributed by atoms with Crippen LogP contribution in [0.25, 0.3) is 0 Å². The number of hydrogen-bond donors (Lipinski definition) is 0. The van der Waals surface area contributed by atoms with Crippen LogP contribution in [0.15, 0.2) is 48.6 Å². The number of rotatable bonds is 34. The Morgan fingerprint density at radius 2 is 0.917 bits per heavy atom. The minimum Gasteiger partial charge on any atom is -0.350 e. The molecule has 0 spiro atoms. The Labute approximate surface area is 301 Å². The summed E-state index contributed by atoms with van der Waals surface area (Å²) in [6.45, 7) is 6.47. The molecule has 0 aromatic heterocycles. The average Bonchev–Trinajstić information content (AvgIpc) is 3.55. The largest absolute Gasteiger partial charge is 0.350 e. The quantitative estimate of drug-likeness (QED) is 0.0385. The van der Waals surface area contributed by atoms with Crippen molar-refractivity contribution < 1.29 is 14.0 Å². The van der Waals surface area contributed by atoms with Crippen molar-refractivity contribution in [2.24, 2.45) is 5.92 Å². The molecule has 2 atom stereocenters. The molecule has 1 rings (SSSR count). The van der Waals surface area contributed by atoms with Crippen LogP contribution in [0.2, 0.25) is 0 Å². The predicted molar refractivity (Wildman–Crippen MR) is 214 cm³/mol. The summed E-state index contributed by atoms with van der Waals surface area (Å²) in [7, 11) is 6.81. The molecule has 0 aromatic rings.